The number of hydrogen-bond acceptors (Lipinski definition) is 0. The number of rotatable bonds is 15. The van der Waals surface area contributed by atoms with Gasteiger partial charge in [-0.25, -0.2) is 0 Å². The molecule has 0 atom stereocenters. The molecule has 0 aliphatic rings. The summed E-state index contributed by atoms with van der Waals surface area (Å²) in [5, 5.41) is 0. The Hall–Kier alpha value is -0.310. The van der Waals surface area contributed by atoms with Crippen LogP contribution in [0.3, 0.4) is 0 Å². The number of alkyl halides is 1. The molecule has 0 bridgehead atoms. The van der Waals surface area contributed by atoms with Gasteiger partial charge in [-0.05, 0) is 43.5 Å². The number of aryl methyl sites for hydroxylation is 1. The van der Waals surface area contributed by atoms with E-state index in [9.17, 15) is 0 Å². The van der Waals surface area contributed by atoms with Crippen LogP contribution >= 0.6 is 22.6 Å². The molecule has 0 unspecified atom stereocenters. The highest BCUT2D eigenvalue weighted by molar-refractivity contribution is 14.1. The van der Waals surface area contributed by atoms with Crippen LogP contribution in [0.4, 0.5) is 0 Å². The van der Waals surface area contributed by atoms with Gasteiger partial charge in [0.05, 0.1) is 0 Å². The summed E-state index contributed by atoms with van der Waals surface area (Å²) in [5.41, 5.74) is 1.32. The van der Waals surface area contributed by atoms with Crippen LogP contribution in [0.2, 0.25) is 0 Å². The summed E-state index contributed by atoms with van der Waals surface area (Å²) in [5.74, 6) is 0. The van der Waals surface area contributed by atoms with Crippen molar-refractivity contribution in [1.29, 1.82) is 0 Å². The van der Waals surface area contributed by atoms with Crippen molar-refractivity contribution in [3.05, 3.63) is 48.0 Å². The fraction of sp³-hybridized carbons (Fsp3) is 0.680. The summed E-state index contributed by atoms with van der Waals surface area (Å²) >= 11 is 2.48. The molecule has 1 aromatic rings. The molecule has 0 amide bonds. The molecule has 0 saturated heterocycles. The fourth-order valence-electron chi connectivity index (χ4n) is 2.88. The molecular formula is C25H43I. The molecule has 0 N–H and O–H groups in total. The Morgan fingerprint density at radius 3 is 1.54 bits per heavy atom. The van der Waals surface area contributed by atoms with Crippen molar-refractivity contribution < 1.29 is 0 Å². The Morgan fingerprint density at radius 1 is 0.654 bits per heavy atom. The highest BCUT2D eigenvalue weighted by Gasteiger charge is 1.90. The second-order valence-corrected chi connectivity index (χ2v) is 8.36. The van der Waals surface area contributed by atoms with Crippen molar-refractivity contribution >= 4 is 22.6 Å². The van der Waals surface area contributed by atoms with Crippen molar-refractivity contribution in [3.63, 3.8) is 0 Å². The van der Waals surface area contributed by atoms with Crippen molar-refractivity contribution in [2.24, 2.45) is 0 Å². The molecule has 0 fully saturated rings. The molecule has 0 heterocycles. The van der Waals surface area contributed by atoms with E-state index in [2.05, 4.69) is 60.7 Å². The van der Waals surface area contributed by atoms with Crippen molar-refractivity contribution in [2.45, 2.75) is 104 Å². The average molecular weight is 471 g/mol. The largest absolute Gasteiger partial charge is 0.0885 e. The molecule has 0 aliphatic carbocycles. The number of hydrogen-bond donors (Lipinski definition) is 0. The fourth-order valence-corrected chi connectivity index (χ4v) is 3.42. The van der Waals surface area contributed by atoms with Gasteiger partial charge in [0.1, 0.15) is 0 Å². The summed E-state index contributed by atoms with van der Waals surface area (Å²) in [4.78, 5) is 0. The Morgan fingerprint density at radius 2 is 1.12 bits per heavy atom. The van der Waals surface area contributed by atoms with Crippen molar-refractivity contribution in [3.8, 4) is 0 Å². The monoisotopic (exact) mass is 470 g/mol. The summed E-state index contributed by atoms with van der Waals surface area (Å²) in [6.45, 7) is 4.37. The molecular weight excluding hydrogens is 427 g/mol. The van der Waals surface area contributed by atoms with E-state index in [0.717, 1.165) is 0 Å². The van der Waals surface area contributed by atoms with Crippen molar-refractivity contribution in [1.82, 2.24) is 0 Å². The normalized spacial score (nSPS) is 10.7. The minimum absolute atomic E-state index is 1.31. The maximum atomic E-state index is 2.48. The highest BCUT2D eigenvalue weighted by Crippen LogP contribution is 2.10. The number of halogens is 1. The lowest BCUT2D eigenvalue weighted by atomic mass is 10.1. The number of benzene rings is 1. The Labute approximate surface area is 178 Å². The second-order valence-electron chi connectivity index (χ2n) is 7.28. The van der Waals surface area contributed by atoms with Gasteiger partial charge < -0.3 is 0 Å². The first-order valence-corrected chi connectivity index (χ1v) is 12.6. The molecule has 0 spiro atoms. The van der Waals surface area contributed by atoms with E-state index >= 15 is 0 Å². The van der Waals surface area contributed by atoms with Crippen molar-refractivity contribution in [2.75, 3.05) is 4.43 Å². The van der Waals surface area contributed by atoms with Crippen LogP contribution in [-0.2, 0) is 0 Å². The van der Waals surface area contributed by atoms with Crippen LogP contribution in [0.1, 0.15) is 102 Å². The molecule has 0 saturated carbocycles. The first-order chi connectivity index (χ1) is 12.8. The van der Waals surface area contributed by atoms with Gasteiger partial charge in [0.15, 0.2) is 0 Å². The van der Waals surface area contributed by atoms with Crippen LogP contribution in [0.15, 0.2) is 42.5 Å². The van der Waals surface area contributed by atoms with E-state index in [-0.39, 0.29) is 0 Å². The first-order valence-electron chi connectivity index (χ1n) is 11.0. The first kappa shape index (κ1) is 25.7. The van der Waals surface area contributed by atoms with Gasteiger partial charge in [-0.3, -0.25) is 0 Å². The lowest BCUT2D eigenvalue weighted by Gasteiger charge is -1.99. The maximum Gasteiger partial charge on any atom is -0.000473 e. The van der Waals surface area contributed by atoms with E-state index in [0.29, 0.717) is 0 Å². The SMILES string of the molecule is CCCCCCCC/C=C\CCCCCCCCI.Cc1ccccc1. The second kappa shape index (κ2) is 22.7. The smallest absolute Gasteiger partial charge is 0.000473 e. The Bertz CT molecular complexity index is 382. The summed E-state index contributed by atoms with van der Waals surface area (Å²) in [7, 11) is 0. The zero-order valence-electron chi connectivity index (χ0n) is 17.5. The van der Waals surface area contributed by atoms with Gasteiger partial charge in [-0.1, -0.05) is 135 Å². The van der Waals surface area contributed by atoms with Crippen LogP contribution in [-0.4, -0.2) is 4.43 Å². The van der Waals surface area contributed by atoms with E-state index in [1.54, 1.807) is 0 Å². The summed E-state index contributed by atoms with van der Waals surface area (Å²) < 4.78 is 1.33. The van der Waals surface area contributed by atoms with E-state index in [1.165, 1.54) is 99.9 Å². The minimum Gasteiger partial charge on any atom is -0.0885 e. The third kappa shape index (κ3) is 21.7. The zero-order chi connectivity index (χ0) is 19.1. The number of allylic oxidation sites excluding steroid dienone is 2. The molecule has 1 rings (SSSR count). The molecule has 150 valence electrons. The lowest BCUT2D eigenvalue weighted by Crippen LogP contribution is -1.80. The predicted octanol–water partition coefficient (Wildman–Crippen LogP) is 9.45. The quantitative estimate of drug-likeness (QED) is 0.104. The lowest BCUT2D eigenvalue weighted by molar-refractivity contribution is 0.608. The maximum absolute atomic E-state index is 2.48. The molecule has 0 nitrogen and oxygen atoms in total. The molecule has 0 aromatic heterocycles. The third-order valence-corrected chi connectivity index (χ3v) is 5.35. The van der Waals surface area contributed by atoms with Crippen LogP contribution in [0.5, 0.6) is 0 Å². The molecule has 26 heavy (non-hydrogen) atoms. The van der Waals surface area contributed by atoms with E-state index in [1.807, 2.05) is 18.2 Å². The van der Waals surface area contributed by atoms with E-state index < -0.39 is 0 Å². The van der Waals surface area contributed by atoms with Gasteiger partial charge in [0, 0.05) is 0 Å². The predicted molar refractivity (Wildman–Crippen MR) is 130 cm³/mol. The molecule has 1 aromatic carbocycles. The van der Waals surface area contributed by atoms with Gasteiger partial charge in [0.2, 0.25) is 0 Å². The van der Waals surface area contributed by atoms with Gasteiger partial charge in [-0.15, -0.1) is 0 Å². The van der Waals surface area contributed by atoms with E-state index in [4.69, 9.17) is 0 Å². The molecule has 1 heteroatoms. The third-order valence-electron chi connectivity index (χ3n) is 4.59. The number of unbranched alkanes of at least 4 members (excludes halogenated alkanes) is 12. The molecule has 0 radical (unpaired) electrons. The highest BCUT2D eigenvalue weighted by atomic mass is 127. The Kier molecular flexibility index (Phi) is 22.5. The van der Waals surface area contributed by atoms with Crippen LogP contribution in [0, 0.1) is 6.92 Å². The average Bonchev–Trinajstić information content (AvgIpc) is 2.66. The van der Waals surface area contributed by atoms with Crippen LogP contribution in [0.25, 0.3) is 0 Å². The molecule has 0 aliphatic heterocycles. The minimum atomic E-state index is 1.31. The Balaban J connectivity index is 0.000000735. The topological polar surface area (TPSA) is 0 Å². The zero-order valence-corrected chi connectivity index (χ0v) is 19.7. The van der Waals surface area contributed by atoms with Crippen LogP contribution < -0.4 is 0 Å². The summed E-state index contributed by atoms with van der Waals surface area (Å²) in [6, 6.07) is 10.3. The van der Waals surface area contributed by atoms with Gasteiger partial charge in [0.25, 0.3) is 0 Å². The summed E-state index contributed by atoms with van der Waals surface area (Å²) in [6.07, 6.45) is 24.5. The van der Waals surface area contributed by atoms with Gasteiger partial charge in [-0.2, -0.15) is 0 Å². The standard InChI is InChI=1S/C18H35I.C7H8/c1-2-3-4-5-6-7-8-9-10-11-12-13-14-15-16-17-18-19;1-7-5-3-2-4-6-7/h9-10H,2-8,11-18H2,1H3;2-6H,1H3/b10-9-;. The van der Waals surface area contributed by atoms with Gasteiger partial charge >= 0.3 is 0 Å².